The summed E-state index contributed by atoms with van der Waals surface area (Å²) >= 11 is 2.93. The fraction of sp³-hybridized carbons (Fsp3) is 0.556. The van der Waals surface area contributed by atoms with Crippen molar-refractivity contribution in [1.82, 2.24) is 14.6 Å². The highest BCUT2D eigenvalue weighted by molar-refractivity contribution is 9.10. The number of carbonyl (C=O) groups is 1. The molecule has 44 heavy (non-hydrogen) atoms. The Bertz CT molecular complexity index is 1470. The number of likely N-dealkylation sites (tertiary alicyclic amines) is 1. The lowest BCUT2D eigenvalue weighted by molar-refractivity contribution is -0.0122. The SMILES string of the molecule is CC(C)(C)ON=O.Cc1cc(F)c(Br)nc1Oc1cccc(C[C@H]2[C@@H](NS(C)(=O)=O)C(F)(F)CN2C(=O)OC(C)(C)C)c1F. The number of aryl methyl sites for hydroxylation is 1. The Morgan fingerprint density at radius 1 is 1.18 bits per heavy atom. The molecule has 1 aromatic heterocycles. The second-order valence-corrected chi connectivity index (χ2v) is 14.5. The van der Waals surface area contributed by atoms with E-state index in [2.05, 4.69) is 31.1 Å². The van der Waals surface area contributed by atoms with Crippen molar-refractivity contribution < 1.29 is 45.1 Å². The van der Waals surface area contributed by atoms with Gasteiger partial charge in [-0.05, 0) is 88.5 Å². The molecule has 2 aromatic rings. The number of halogens is 5. The number of ether oxygens (including phenoxy) is 2. The van der Waals surface area contributed by atoms with Crippen LogP contribution in [0.4, 0.5) is 22.4 Å². The highest BCUT2D eigenvalue weighted by Gasteiger charge is 2.57. The van der Waals surface area contributed by atoms with Crippen LogP contribution >= 0.6 is 15.9 Å². The van der Waals surface area contributed by atoms with Gasteiger partial charge in [-0.3, -0.25) is 4.90 Å². The summed E-state index contributed by atoms with van der Waals surface area (Å²) in [4.78, 5) is 31.0. The van der Waals surface area contributed by atoms with E-state index in [0.717, 1.165) is 6.07 Å². The normalized spacial score (nSPS) is 18.2. The summed E-state index contributed by atoms with van der Waals surface area (Å²) in [6, 6.07) is 1.54. The number of rotatable bonds is 7. The monoisotopic (exact) mass is 714 g/mol. The van der Waals surface area contributed by atoms with E-state index in [4.69, 9.17) is 9.47 Å². The van der Waals surface area contributed by atoms with Crippen molar-refractivity contribution >= 4 is 32.0 Å². The van der Waals surface area contributed by atoms with E-state index < -0.39 is 69.9 Å². The van der Waals surface area contributed by atoms with Gasteiger partial charge in [-0.15, -0.1) is 4.91 Å². The molecule has 1 aliphatic heterocycles. The van der Waals surface area contributed by atoms with Gasteiger partial charge in [0.15, 0.2) is 22.7 Å². The molecular formula is C27H35BrF4N4O7S. The maximum Gasteiger partial charge on any atom is 0.410 e. The van der Waals surface area contributed by atoms with Crippen molar-refractivity contribution in [2.75, 3.05) is 12.8 Å². The molecule has 11 nitrogen and oxygen atoms in total. The van der Waals surface area contributed by atoms with Gasteiger partial charge in [0.2, 0.25) is 15.9 Å². The average Bonchev–Trinajstić information content (AvgIpc) is 3.07. The largest absolute Gasteiger partial charge is 0.444 e. The van der Waals surface area contributed by atoms with Gasteiger partial charge >= 0.3 is 6.09 Å². The number of aromatic nitrogens is 1. The summed E-state index contributed by atoms with van der Waals surface area (Å²) in [5.74, 6) is -5.68. The number of alkyl halides is 2. The van der Waals surface area contributed by atoms with Crippen molar-refractivity contribution in [3.05, 3.63) is 56.5 Å². The van der Waals surface area contributed by atoms with Crippen molar-refractivity contribution in [3.8, 4) is 11.6 Å². The fourth-order valence-electron chi connectivity index (χ4n) is 3.93. The molecule has 1 saturated heterocycles. The van der Waals surface area contributed by atoms with E-state index >= 15 is 4.39 Å². The fourth-order valence-corrected chi connectivity index (χ4v) is 4.99. The molecule has 1 amide bonds. The first-order valence-corrected chi connectivity index (χ1v) is 15.8. The van der Waals surface area contributed by atoms with Crippen molar-refractivity contribution in [3.63, 3.8) is 0 Å². The molecule has 0 unspecified atom stereocenters. The first-order valence-electron chi connectivity index (χ1n) is 13.1. The number of nitrogens with zero attached hydrogens (tertiary/aromatic N) is 3. The highest BCUT2D eigenvalue weighted by Crippen LogP contribution is 2.37. The third-order valence-corrected chi connectivity index (χ3v) is 6.90. The Balaban J connectivity index is 0.000000860. The van der Waals surface area contributed by atoms with E-state index in [1.54, 1.807) is 41.5 Å². The maximum absolute atomic E-state index is 15.5. The van der Waals surface area contributed by atoms with E-state index in [1.165, 1.54) is 25.1 Å². The Hall–Kier alpha value is -3.05. The molecule has 17 heteroatoms. The molecule has 1 aromatic carbocycles. The summed E-state index contributed by atoms with van der Waals surface area (Å²) in [6.07, 6.45) is -0.884. The predicted molar refractivity (Wildman–Crippen MR) is 157 cm³/mol. The second kappa shape index (κ2) is 13.9. The molecule has 2 heterocycles. The Kier molecular flexibility index (Phi) is 11.8. The van der Waals surface area contributed by atoms with Crippen LogP contribution in [0.15, 0.2) is 34.2 Å². The molecule has 1 N–H and O–H groups in total. The Morgan fingerprint density at radius 3 is 2.30 bits per heavy atom. The number of hydrogen-bond acceptors (Lipinski definition) is 9. The Morgan fingerprint density at radius 2 is 1.80 bits per heavy atom. The molecule has 2 atom stereocenters. The molecule has 0 saturated carbocycles. The number of sulfonamides is 1. The van der Waals surface area contributed by atoms with Gasteiger partial charge in [0.1, 0.15) is 21.8 Å². The van der Waals surface area contributed by atoms with Crippen LogP contribution in [0.2, 0.25) is 0 Å². The summed E-state index contributed by atoms with van der Waals surface area (Å²) in [6.45, 7) is 10.3. The number of benzene rings is 1. The van der Waals surface area contributed by atoms with Crippen LogP contribution in [0.5, 0.6) is 11.6 Å². The Labute approximate surface area is 261 Å². The van der Waals surface area contributed by atoms with Crippen LogP contribution in [0.25, 0.3) is 0 Å². The average molecular weight is 716 g/mol. The number of pyridine rings is 1. The number of amides is 1. The summed E-state index contributed by atoms with van der Waals surface area (Å²) in [5.41, 5.74) is -1.31. The van der Waals surface area contributed by atoms with Crippen LogP contribution in [0.1, 0.15) is 52.7 Å². The van der Waals surface area contributed by atoms with E-state index in [-0.39, 0.29) is 27.4 Å². The summed E-state index contributed by atoms with van der Waals surface area (Å²) in [5, 5.41) is 2.26. The van der Waals surface area contributed by atoms with Gasteiger partial charge < -0.3 is 14.3 Å². The molecule has 3 rings (SSSR count). The van der Waals surface area contributed by atoms with Crippen LogP contribution in [-0.2, 0) is 26.0 Å². The topological polar surface area (TPSA) is 136 Å². The summed E-state index contributed by atoms with van der Waals surface area (Å²) in [7, 11) is -4.13. The van der Waals surface area contributed by atoms with Gasteiger partial charge in [-0.1, -0.05) is 12.1 Å². The zero-order valence-electron chi connectivity index (χ0n) is 25.4. The van der Waals surface area contributed by atoms with Crippen LogP contribution < -0.4 is 9.46 Å². The molecule has 0 radical (unpaired) electrons. The predicted octanol–water partition coefficient (Wildman–Crippen LogP) is 6.42. The zero-order chi connectivity index (χ0) is 33.8. The van der Waals surface area contributed by atoms with Gasteiger partial charge in [0.05, 0.1) is 18.8 Å². The highest BCUT2D eigenvalue weighted by atomic mass is 79.9. The smallest absolute Gasteiger partial charge is 0.410 e. The van der Waals surface area contributed by atoms with Gasteiger partial charge in [-0.25, -0.2) is 40.5 Å². The van der Waals surface area contributed by atoms with Crippen LogP contribution in [0.3, 0.4) is 0 Å². The van der Waals surface area contributed by atoms with Gasteiger partial charge in [0, 0.05) is 5.56 Å². The van der Waals surface area contributed by atoms with Crippen LogP contribution in [0, 0.1) is 23.5 Å². The minimum Gasteiger partial charge on any atom is -0.444 e. The molecule has 1 aliphatic rings. The maximum atomic E-state index is 15.5. The number of hydrogen-bond donors (Lipinski definition) is 1. The van der Waals surface area contributed by atoms with E-state index in [9.17, 15) is 31.3 Å². The van der Waals surface area contributed by atoms with E-state index in [1.807, 2.05) is 4.72 Å². The molecule has 0 aliphatic carbocycles. The van der Waals surface area contributed by atoms with Gasteiger partial charge in [0.25, 0.3) is 5.92 Å². The lowest BCUT2D eigenvalue weighted by atomic mass is 9.98. The molecule has 0 spiro atoms. The standard InChI is InChI=1S/C23H26BrF4N3O5S.C4H9NO2/c1-12-9-14(25)19(24)29-20(12)35-16-8-6-7-13(17(16)26)10-15-18(30-37(5,33)34)23(27,28)11-31(15)21(32)36-22(2,3)4;1-4(2,3)7-5-6/h6-9,15,18,30H,10-11H2,1-5H3;1-3H3/t15-,18+;/m0./s1. The molecule has 1 fully saturated rings. The molecular weight excluding hydrogens is 680 g/mol. The van der Waals surface area contributed by atoms with E-state index in [0.29, 0.717) is 11.2 Å². The third kappa shape index (κ3) is 10.8. The van der Waals surface area contributed by atoms with Crippen LogP contribution in [-0.4, -0.2) is 66.4 Å². The summed E-state index contributed by atoms with van der Waals surface area (Å²) < 4.78 is 95.4. The van der Waals surface area contributed by atoms with Crippen molar-refractivity contribution in [2.45, 2.75) is 84.1 Å². The molecule has 0 bridgehead atoms. The minimum atomic E-state index is -4.13. The lowest BCUT2D eigenvalue weighted by Crippen LogP contribution is -2.52. The van der Waals surface area contributed by atoms with Gasteiger partial charge in [-0.2, -0.15) is 0 Å². The number of carbonyl (C=O) groups excluding carboxylic acids is 1. The first kappa shape index (κ1) is 37.1. The minimum absolute atomic E-state index is 0.0938. The first-order chi connectivity index (χ1) is 19.9. The third-order valence-electron chi connectivity index (χ3n) is 5.66. The van der Waals surface area contributed by atoms with Crippen molar-refractivity contribution in [1.29, 1.82) is 0 Å². The lowest BCUT2D eigenvalue weighted by Gasteiger charge is -2.30. The van der Waals surface area contributed by atoms with Crippen molar-refractivity contribution in [2.24, 2.45) is 5.34 Å². The quantitative estimate of drug-likeness (QED) is 0.150. The molecule has 246 valence electrons. The second-order valence-electron chi connectivity index (χ2n) is 12.0. The number of nitrogens with one attached hydrogen (secondary N) is 1. The zero-order valence-corrected chi connectivity index (χ0v) is 27.8.